The van der Waals surface area contributed by atoms with Gasteiger partial charge in [0.2, 0.25) is 0 Å². The third kappa shape index (κ3) is 5.30. The van der Waals surface area contributed by atoms with E-state index in [0.29, 0.717) is 0 Å². The normalized spacial score (nSPS) is 24.0. The lowest BCUT2D eigenvalue weighted by molar-refractivity contribution is 0.142. The Labute approximate surface area is 148 Å². The standard InChI is InChI=1S/C21H35N3/c1-3-23-12-11-21(18-23)16-22(2)15-20-9-13-24(14-10-20)17-19-7-5-4-6-8-19/h4-8,20-21H,3,9-18H2,1-2H3. The predicted molar refractivity (Wildman–Crippen MR) is 102 cm³/mol. The Morgan fingerprint density at radius 2 is 1.54 bits per heavy atom. The van der Waals surface area contributed by atoms with Crippen LogP contribution in [0.1, 0.15) is 31.7 Å². The van der Waals surface area contributed by atoms with Gasteiger partial charge in [0.1, 0.15) is 0 Å². The third-order valence-electron chi connectivity index (χ3n) is 5.91. The highest BCUT2D eigenvalue weighted by Gasteiger charge is 2.24. The summed E-state index contributed by atoms with van der Waals surface area (Å²) in [5.41, 5.74) is 1.45. The third-order valence-corrected chi connectivity index (χ3v) is 5.91. The Hall–Kier alpha value is -0.900. The molecule has 0 amide bonds. The second-order valence-electron chi connectivity index (χ2n) is 7.97. The van der Waals surface area contributed by atoms with Crippen LogP contribution < -0.4 is 0 Å². The van der Waals surface area contributed by atoms with Crippen LogP contribution in [0.2, 0.25) is 0 Å². The van der Waals surface area contributed by atoms with Crippen molar-refractivity contribution < 1.29 is 0 Å². The van der Waals surface area contributed by atoms with Gasteiger partial charge in [0, 0.05) is 26.2 Å². The first-order valence-electron chi connectivity index (χ1n) is 9.90. The molecule has 3 nitrogen and oxygen atoms in total. The number of benzene rings is 1. The van der Waals surface area contributed by atoms with Crippen LogP contribution in [0, 0.1) is 11.8 Å². The molecule has 2 aliphatic heterocycles. The van der Waals surface area contributed by atoms with Crippen molar-refractivity contribution in [1.29, 1.82) is 0 Å². The molecular formula is C21H35N3. The number of likely N-dealkylation sites (tertiary alicyclic amines) is 2. The van der Waals surface area contributed by atoms with Gasteiger partial charge in [-0.15, -0.1) is 0 Å². The first-order valence-corrected chi connectivity index (χ1v) is 9.90. The monoisotopic (exact) mass is 329 g/mol. The Bertz CT molecular complexity index is 467. The zero-order chi connectivity index (χ0) is 16.8. The van der Waals surface area contributed by atoms with Crippen molar-refractivity contribution in [1.82, 2.24) is 14.7 Å². The van der Waals surface area contributed by atoms with Gasteiger partial charge in [-0.25, -0.2) is 0 Å². The van der Waals surface area contributed by atoms with Gasteiger partial charge in [-0.2, -0.15) is 0 Å². The lowest BCUT2D eigenvalue weighted by Crippen LogP contribution is -2.38. The van der Waals surface area contributed by atoms with Crippen LogP contribution in [-0.4, -0.2) is 67.6 Å². The molecule has 0 spiro atoms. The molecule has 3 heteroatoms. The maximum atomic E-state index is 2.63. The van der Waals surface area contributed by atoms with Crippen LogP contribution in [-0.2, 0) is 6.54 Å². The molecule has 0 aliphatic carbocycles. The number of piperidine rings is 1. The number of hydrogen-bond donors (Lipinski definition) is 0. The average molecular weight is 330 g/mol. The SMILES string of the molecule is CCN1CCC(CN(C)CC2CCN(Cc3ccccc3)CC2)C1. The second kappa shape index (κ2) is 8.98. The zero-order valence-electron chi connectivity index (χ0n) is 15.7. The van der Waals surface area contributed by atoms with Crippen molar-refractivity contribution in [3.8, 4) is 0 Å². The van der Waals surface area contributed by atoms with Crippen LogP contribution in [0.3, 0.4) is 0 Å². The van der Waals surface area contributed by atoms with E-state index in [4.69, 9.17) is 0 Å². The molecule has 2 aliphatic rings. The van der Waals surface area contributed by atoms with Gasteiger partial charge in [0.15, 0.2) is 0 Å². The predicted octanol–water partition coefficient (Wildman–Crippen LogP) is 3.17. The van der Waals surface area contributed by atoms with E-state index in [2.05, 4.69) is 59.0 Å². The van der Waals surface area contributed by atoms with Crippen molar-refractivity contribution in [2.45, 2.75) is 32.7 Å². The van der Waals surface area contributed by atoms with E-state index < -0.39 is 0 Å². The summed E-state index contributed by atoms with van der Waals surface area (Å²) in [5.74, 6) is 1.79. The van der Waals surface area contributed by atoms with Gasteiger partial charge >= 0.3 is 0 Å². The molecule has 0 saturated carbocycles. The summed E-state index contributed by atoms with van der Waals surface area (Å²) in [7, 11) is 2.34. The fourth-order valence-corrected chi connectivity index (χ4v) is 4.47. The van der Waals surface area contributed by atoms with Crippen LogP contribution in [0.15, 0.2) is 30.3 Å². The molecule has 1 aromatic rings. The maximum absolute atomic E-state index is 2.63. The molecule has 3 rings (SSSR count). The van der Waals surface area contributed by atoms with Crippen LogP contribution in [0.25, 0.3) is 0 Å². The number of rotatable bonds is 7. The Morgan fingerprint density at radius 1 is 0.917 bits per heavy atom. The smallest absolute Gasteiger partial charge is 0.0233 e. The fraction of sp³-hybridized carbons (Fsp3) is 0.714. The molecule has 0 aromatic heterocycles. The molecule has 0 N–H and O–H groups in total. The molecule has 24 heavy (non-hydrogen) atoms. The van der Waals surface area contributed by atoms with Crippen molar-refractivity contribution in [2.24, 2.45) is 11.8 Å². The first kappa shape index (κ1) is 17.9. The topological polar surface area (TPSA) is 9.72 Å². The van der Waals surface area contributed by atoms with E-state index in [1.54, 1.807) is 0 Å². The van der Waals surface area contributed by atoms with E-state index in [1.165, 1.54) is 70.6 Å². The second-order valence-corrected chi connectivity index (χ2v) is 7.97. The summed E-state index contributed by atoms with van der Waals surface area (Å²) in [6, 6.07) is 10.9. The minimum absolute atomic E-state index is 0.894. The quantitative estimate of drug-likeness (QED) is 0.761. The van der Waals surface area contributed by atoms with Crippen molar-refractivity contribution in [2.75, 3.05) is 52.9 Å². The van der Waals surface area contributed by atoms with Gasteiger partial charge in [-0.3, -0.25) is 4.90 Å². The van der Waals surface area contributed by atoms with E-state index in [1.807, 2.05) is 0 Å². The Balaban J connectivity index is 1.34. The largest absolute Gasteiger partial charge is 0.306 e. The number of nitrogens with zero attached hydrogens (tertiary/aromatic N) is 3. The summed E-state index contributed by atoms with van der Waals surface area (Å²) in [5, 5.41) is 0. The summed E-state index contributed by atoms with van der Waals surface area (Å²) < 4.78 is 0. The zero-order valence-corrected chi connectivity index (χ0v) is 15.7. The lowest BCUT2D eigenvalue weighted by Gasteiger charge is -2.34. The summed E-state index contributed by atoms with van der Waals surface area (Å²) in [6.07, 6.45) is 4.12. The highest BCUT2D eigenvalue weighted by molar-refractivity contribution is 5.14. The van der Waals surface area contributed by atoms with E-state index in [9.17, 15) is 0 Å². The van der Waals surface area contributed by atoms with Gasteiger partial charge in [-0.05, 0) is 69.9 Å². The van der Waals surface area contributed by atoms with E-state index in [0.717, 1.165) is 18.4 Å². The van der Waals surface area contributed by atoms with Crippen molar-refractivity contribution in [3.05, 3.63) is 35.9 Å². The Morgan fingerprint density at radius 3 is 2.21 bits per heavy atom. The summed E-state index contributed by atoms with van der Waals surface area (Å²) in [4.78, 5) is 7.84. The van der Waals surface area contributed by atoms with Gasteiger partial charge in [0.05, 0.1) is 0 Å². The summed E-state index contributed by atoms with van der Waals surface area (Å²) in [6.45, 7) is 12.4. The van der Waals surface area contributed by atoms with Gasteiger partial charge in [-0.1, -0.05) is 37.3 Å². The molecule has 0 radical (unpaired) electrons. The van der Waals surface area contributed by atoms with Crippen LogP contribution >= 0.6 is 0 Å². The lowest BCUT2D eigenvalue weighted by atomic mass is 9.95. The summed E-state index contributed by atoms with van der Waals surface area (Å²) >= 11 is 0. The van der Waals surface area contributed by atoms with E-state index >= 15 is 0 Å². The fourth-order valence-electron chi connectivity index (χ4n) is 4.47. The first-order chi connectivity index (χ1) is 11.7. The van der Waals surface area contributed by atoms with Gasteiger partial charge in [0.25, 0.3) is 0 Å². The highest BCUT2D eigenvalue weighted by atomic mass is 15.2. The van der Waals surface area contributed by atoms with Gasteiger partial charge < -0.3 is 9.80 Å². The number of hydrogen-bond acceptors (Lipinski definition) is 3. The Kier molecular flexibility index (Phi) is 6.70. The molecular weight excluding hydrogens is 294 g/mol. The molecule has 1 atom stereocenters. The molecule has 0 bridgehead atoms. The molecule has 2 fully saturated rings. The molecule has 1 aromatic carbocycles. The van der Waals surface area contributed by atoms with Crippen molar-refractivity contribution >= 4 is 0 Å². The maximum Gasteiger partial charge on any atom is 0.0233 e. The minimum Gasteiger partial charge on any atom is -0.306 e. The molecule has 1 unspecified atom stereocenters. The van der Waals surface area contributed by atoms with E-state index in [-0.39, 0.29) is 0 Å². The van der Waals surface area contributed by atoms with Crippen LogP contribution in [0.4, 0.5) is 0 Å². The molecule has 2 heterocycles. The van der Waals surface area contributed by atoms with Crippen molar-refractivity contribution in [3.63, 3.8) is 0 Å². The molecule has 134 valence electrons. The minimum atomic E-state index is 0.894. The molecule has 2 saturated heterocycles. The average Bonchev–Trinajstić information content (AvgIpc) is 3.05. The highest BCUT2D eigenvalue weighted by Crippen LogP contribution is 2.22. The van der Waals surface area contributed by atoms with Crippen LogP contribution in [0.5, 0.6) is 0 Å².